The lowest BCUT2D eigenvalue weighted by atomic mass is 9.96. The summed E-state index contributed by atoms with van der Waals surface area (Å²) in [6.07, 6.45) is 2.98. The number of aryl methyl sites for hydroxylation is 1. The lowest BCUT2D eigenvalue weighted by Crippen LogP contribution is -2.44. The van der Waals surface area contributed by atoms with Crippen molar-refractivity contribution in [3.63, 3.8) is 0 Å². The molecule has 0 N–H and O–H groups in total. The maximum Gasteiger partial charge on any atom is 0.250 e. The summed E-state index contributed by atoms with van der Waals surface area (Å²) >= 11 is 1.38. The second-order valence-electron chi connectivity index (χ2n) is 10.5. The number of hydrogen-bond donors (Lipinski definition) is 0. The molecule has 44 heavy (non-hydrogen) atoms. The highest BCUT2D eigenvalue weighted by atomic mass is 32.1. The van der Waals surface area contributed by atoms with Gasteiger partial charge in [-0.15, -0.1) is 11.3 Å². The van der Waals surface area contributed by atoms with Crippen molar-refractivity contribution in [3.05, 3.63) is 88.3 Å². The van der Waals surface area contributed by atoms with E-state index in [1.807, 2.05) is 29.1 Å². The first kappa shape index (κ1) is 29.4. The molecule has 226 valence electrons. The van der Waals surface area contributed by atoms with Gasteiger partial charge in [0.1, 0.15) is 35.4 Å². The average Bonchev–Trinajstić information content (AvgIpc) is 3.65. The van der Waals surface area contributed by atoms with Gasteiger partial charge < -0.3 is 18.9 Å². The molecule has 1 aliphatic heterocycles. The van der Waals surface area contributed by atoms with E-state index in [-0.39, 0.29) is 42.0 Å². The number of aromatic nitrogens is 4. The lowest BCUT2D eigenvalue weighted by molar-refractivity contribution is -0.129. The Morgan fingerprint density at radius 1 is 1.16 bits per heavy atom. The van der Waals surface area contributed by atoms with Crippen LogP contribution in [0.1, 0.15) is 12.6 Å². The summed E-state index contributed by atoms with van der Waals surface area (Å²) in [6, 6.07) is 8.71. The summed E-state index contributed by atoms with van der Waals surface area (Å²) in [5, 5.41) is 7.46. The number of hydrogen-bond acceptors (Lipinski definition) is 7. The van der Waals surface area contributed by atoms with E-state index < -0.39 is 11.6 Å². The molecule has 5 heterocycles. The molecule has 0 spiro atoms. The number of carbonyl (C=O) groups is 1. The van der Waals surface area contributed by atoms with Gasteiger partial charge in [-0.05, 0) is 36.6 Å². The zero-order chi connectivity index (χ0) is 31.1. The predicted octanol–water partition coefficient (Wildman–Crippen LogP) is 5.41. The van der Waals surface area contributed by atoms with Crippen molar-refractivity contribution < 1.29 is 23.0 Å². The monoisotopic (exact) mass is 617 g/mol. The maximum absolute atomic E-state index is 15.9. The molecule has 9 nitrogen and oxygen atoms in total. The minimum absolute atomic E-state index is 0.00695. The Morgan fingerprint density at radius 3 is 2.73 bits per heavy atom. The SMILES string of the molecule is C=CC(=O)N1Cc2cc(-c3nc(-c4ccc(=O)n(C)c4)c4ccsc4c3-c3c(F)cc(F)cc3OCCOC)nn2CC1C. The molecule has 5 aromatic rings. The quantitative estimate of drug-likeness (QED) is 0.171. The van der Waals surface area contributed by atoms with Gasteiger partial charge in [0.05, 0.1) is 36.6 Å². The Hall–Kier alpha value is -4.68. The highest BCUT2D eigenvalue weighted by Crippen LogP contribution is 2.47. The largest absolute Gasteiger partial charge is 0.490 e. The minimum Gasteiger partial charge on any atom is -0.490 e. The van der Waals surface area contributed by atoms with E-state index in [0.29, 0.717) is 46.0 Å². The van der Waals surface area contributed by atoms with Crippen molar-refractivity contribution in [3.8, 4) is 39.5 Å². The first-order valence-electron chi connectivity index (χ1n) is 13.9. The van der Waals surface area contributed by atoms with Gasteiger partial charge in [0.2, 0.25) is 11.5 Å². The smallest absolute Gasteiger partial charge is 0.250 e. The van der Waals surface area contributed by atoms with Gasteiger partial charge in [-0.25, -0.2) is 13.8 Å². The van der Waals surface area contributed by atoms with Gasteiger partial charge in [-0.1, -0.05) is 6.58 Å². The van der Waals surface area contributed by atoms with Crippen LogP contribution in [0.3, 0.4) is 0 Å². The second-order valence-corrected chi connectivity index (χ2v) is 11.5. The summed E-state index contributed by atoms with van der Waals surface area (Å²) in [5.41, 5.74) is 3.09. The second kappa shape index (κ2) is 11.8. The average molecular weight is 618 g/mol. The molecule has 6 rings (SSSR count). The van der Waals surface area contributed by atoms with Crippen LogP contribution in [0.5, 0.6) is 5.75 Å². The van der Waals surface area contributed by atoms with Gasteiger partial charge in [0.15, 0.2) is 0 Å². The minimum atomic E-state index is -0.814. The fraction of sp³-hybridized carbons (Fsp3) is 0.250. The van der Waals surface area contributed by atoms with Crippen LogP contribution in [0.25, 0.3) is 43.9 Å². The maximum atomic E-state index is 15.9. The van der Waals surface area contributed by atoms with Crippen LogP contribution in [0.15, 0.2) is 65.4 Å². The normalized spacial score (nSPS) is 14.6. The summed E-state index contributed by atoms with van der Waals surface area (Å²) in [5.74, 6) is -1.78. The number of carbonyl (C=O) groups excluding carboxylic acids is 1. The number of pyridine rings is 2. The number of benzene rings is 1. The van der Waals surface area contributed by atoms with E-state index in [0.717, 1.165) is 23.2 Å². The molecule has 0 saturated heterocycles. The fourth-order valence-corrected chi connectivity index (χ4v) is 6.43. The van der Waals surface area contributed by atoms with Crippen LogP contribution in [0, 0.1) is 11.6 Å². The molecule has 1 amide bonds. The first-order chi connectivity index (χ1) is 21.2. The Kier molecular flexibility index (Phi) is 7.87. The van der Waals surface area contributed by atoms with Crippen LogP contribution in [-0.4, -0.2) is 56.5 Å². The Labute approximate surface area is 255 Å². The standard InChI is InChI=1S/C32H29F2N5O4S/c1-5-26(40)38-17-21-14-24(36-39(21)15-18(38)2)31-29(28-23(34)12-20(33)13-25(28)43-10-9-42-4)32-22(8-11-44-32)30(35-31)19-6-7-27(41)37(3)16-19/h5-8,11-14,16,18H,1,9-10,15,17H2,2-4H3. The summed E-state index contributed by atoms with van der Waals surface area (Å²) in [6.45, 7) is 6.59. The van der Waals surface area contributed by atoms with Gasteiger partial charge in [0, 0.05) is 65.8 Å². The number of ether oxygens (including phenoxy) is 2. The zero-order valence-corrected chi connectivity index (χ0v) is 25.2. The summed E-state index contributed by atoms with van der Waals surface area (Å²) < 4.78 is 45.4. The molecule has 1 unspecified atom stereocenters. The number of fused-ring (bicyclic) bond motifs is 2. The van der Waals surface area contributed by atoms with E-state index in [9.17, 15) is 14.0 Å². The van der Waals surface area contributed by atoms with Crippen LogP contribution >= 0.6 is 11.3 Å². The third kappa shape index (κ3) is 5.20. The lowest BCUT2D eigenvalue weighted by Gasteiger charge is -2.33. The Bertz CT molecular complexity index is 1980. The first-order valence-corrected chi connectivity index (χ1v) is 14.8. The summed E-state index contributed by atoms with van der Waals surface area (Å²) in [4.78, 5) is 31.5. The molecule has 1 aliphatic rings. The third-order valence-electron chi connectivity index (χ3n) is 7.65. The molecule has 0 aliphatic carbocycles. The molecule has 0 saturated carbocycles. The number of nitrogens with zero attached hydrogens (tertiary/aromatic N) is 5. The number of halogens is 2. The molecule has 0 fully saturated rings. The Balaban J connectivity index is 1.64. The number of rotatable bonds is 8. The third-order valence-corrected chi connectivity index (χ3v) is 8.58. The van der Waals surface area contributed by atoms with Crippen LogP contribution in [0.4, 0.5) is 8.78 Å². The van der Waals surface area contributed by atoms with Crippen LogP contribution in [-0.2, 0) is 29.7 Å². The summed E-state index contributed by atoms with van der Waals surface area (Å²) in [7, 11) is 3.17. The zero-order valence-electron chi connectivity index (χ0n) is 24.3. The molecule has 12 heteroatoms. The van der Waals surface area contributed by atoms with Crippen molar-refractivity contribution in [2.24, 2.45) is 7.05 Å². The topological polar surface area (TPSA) is 91.5 Å². The number of methoxy groups -OCH3 is 1. The van der Waals surface area contributed by atoms with Gasteiger partial charge in [0.25, 0.3) is 0 Å². The molecular formula is C32H29F2N5O4S. The number of amides is 1. The molecular weight excluding hydrogens is 588 g/mol. The molecule has 1 aromatic carbocycles. The van der Waals surface area contributed by atoms with E-state index in [1.54, 1.807) is 24.2 Å². The molecule has 0 radical (unpaired) electrons. The predicted molar refractivity (Wildman–Crippen MR) is 164 cm³/mol. The van der Waals surface area contributed by atoms with Gasteiger partial charge in [-0.2, -0.15) is 5.10 Å². The van der Waals surface area contributed by atoms with Gasteiger partial charge in [-0.3, -0.25) is 14.3 Å². The van der Waals surface area contributed by atoms with E-state index in [4.69, 9.17) is 19.6 Å². The molecule has 4 aromatic heterocycles. The van der Waals surface area contributed by atoms with Crippen molar-refractivity contribution in [1.82, 2.24) is 24.2 Å². The van der Waals surface area contributed by atoms with Crippen molar-refractivity contribution in [2.45, 2.75) is 26.1 Å². The van der Waals surface area contributed by atoms with Crippen molar-refractivity contribution in [1.29, 1.82) is 0 Å². The molecule has 0 bridgehead atoms. The Morgan fingerprint density at radius 2 is 1.98 bits per heavy atom. The van der Waals surface area contributed by atoms with Crippen molar-refractivity contribution in [2.75, 3.05) is 20.3 Å². The fourth-order valence-electron chi connectivity index (χ4n) is 5.49. The van der Waals surface area contributed by atoms with Crippen LogP contribution in [0.2, 0.25) is 0 Å². The molecule has 1 atom stereocenters. The highest BCUT2D eigenvalue weighted by Gasteiger charge is 2.30. The van der Waals surface area contributed by atoms with Crippen molar-refractivity contribution >= 4 is 27.3 Å². The van der Waals surface area contributed by atoms with E-state index in [1.165, 1.54) is 35.2 Å². The van der Waals surface area contributed by atoms with E-state index >= 15 is 4.39 Å². The highest BCUT2D eigenvalue weighted by molar-refractivity contribution is 7.18. The van der Waals surface area contributed by atoms with E-state index in [2.05, 4.69) is 6.58 Å². The van der Waals surface area contributed by atoms with Crippen LogP contribution < -0.4 is 10.3 Å². The van der Waals surface area contributed by atoms with Gasteiger partial charge >= 0.3 is 0 Å². The number of thiophene rings is 1.